The Morgan fingerprint density at radius 1 is 1.38 bits per heavy atom. The molecule has 0 N–H and O–H groups in total. The van der Waals surface area contributed by atoms with Gasteiger partial charge in [0, 0.05) is 18.8 Å². The maximum atomic E-state index is 13.3. The van der Waals surface area contributed by atoms with Crippen LogP contribution in [0.5, 0.6) is 0 Å². The third kappa shape index (κ3) is 2.67. The van der Waals surface area contributed by atoms with Gasteiger partial charge in [-0.15, -0.1) is 0 Å². The number of rotatable bonds is 5. The Morgan fingerprint density at radius 3 is 2.62 bits per heavy atom. The van der Waals surface area contributed by atoms with Crippen molar-refractivity contribution in [3.05, 3.63) is 41.9 Å². The smallest absolute Gasteiger partial charge is 0.283 e. The maximum Gasteiger partial charge on any atom is 0.283 e. The van der Waals surface area contributed by atoms with Gasteiger partial charge >= 0.3 is 0 Å². The van der Waals surface area contributed by atoms with Crippen molar-refractivity contribution in [2.45, 2.75) is 50.7 Å². The first-order valence-corrected chi connectivity index (χ1v) is 9.50. The molecule has 126 valence electrons. The number of hydrogen-bond acceptors (Lipinski definition) is 4. The molecule has 0 amide bonds. The summed E-state index contributed by atoms with van der Waals surface area (Å²) in [4.78, 5) is 4.25. The number of imidazole rings is 1. The molecule has 6 nitrogen and oxygen atoms in total. The van der Waals surface area contributed by atoms with E-state index in [0.29, 0.717) is 23.6 Å². The quantitative estimate of drug-likeness (QED) is 0.835. The summed E-state index contributed by atoms with van der Waals surface area (Å²) >= 11 is 0. The van der Waals surface area contributed by atoms with E-state index >= 15 is 0 Å². The zero-order valence-corrected chi connectivity index (χ0v) is 14.6. The number of aryl methyl sites for hydroxylation is 2. The summed E-state index contributed by atoms with van der Waals surface area (Å²) < 4.78 is 29.7. The van der Waals surface area contributed by atoms with Gasteiger partial charge < -0.3 is 4.57 Å². The van der Waals surface area contributed by atoms with Crippen molar-refractivity contribution in [2.75, 3.05) is 4.31 Å². The summed E-state index contributed by atoms with van der Waals surface area (Å²) in [6.07, 6.45) is 4.16. The van der Waals surface area contributed by atoms with E-state index in [2.05, 4.69) is 11.1 Å². The first kappa shape index (κ1) is 16.5. The number of para-hydroxylation sites is 1. The van der Waals surface area contributed by atoms with E-state index < -0.39 is 10.0 Å². The van der Waals surface area contributed by atoms with E-state index in [1.165, 1.54) is 4.31 Å². The normalized spacial score (nSPS) is 14.9. The van der Waals surface area contributed by atoms with E-state index in [-0.39, 0.29) is 11.1 Å². The lowest BCUT2D eigenvalue weighted by molar-refractivity contribution is 0.414. The fourth-order valence-electron chi connectivity index (χ4n) is 2.93. The molecule has 0 aliphatic heterocycles. The van der Waals surface area contributed by atoms with Crippen LogP contribution in [0.15, 0.2) is 35.5 Å². The number of nitrogens with zero attached hydrogens (tertiary/aromatic N) is 4. The average molecular weight is 344 g/mol. The molecule has 0 atom stereocenters. The van der Waals surface area contributed by atoms with E-state index in [1.54, 1.807) is 37.4 Å². The van der Waals surface area contributed by atoms with Gasteiger partial charge in [0.1, 0.15) is 11.9 Å². The monoisotopic (exact) mass is 344 g/mol. The maximum absolute atomic E-state index is 13.3. The number of aromatic nitrogens is 2. The van der Waals surface area contributed by atoms with Crippen LogP contribution >= 0.6 is 0 Å². The van der Waals surface area contributed by atoms with Gasteiger partial charge in [0.05, 0.1) is 11.3 Å². The van der Waals surface area contributed by atoms with E-state index in [1.807, 2.05) is 11.5 Å². The van der Waals surface area contributed by atoms with E-state index in [9.17, 15) is 13.7 Å². The molecule has 1 aliphatic rings. The largest absolute Gasteiger partial charge is 0.334 e. The van der Waals surface area contributed by atoms with Gasteiger partial charge in [0.2, 0.25) is 0 Å². The lowest BCUT2D eigenvalue weighted by atomic mass is 9.92. The first-order valence-electron chi connectivity index (χ1n) is 8.06. The van der Waals surface area contributed by atoms with E-state index in [0.717, 1.165) is 19.3 Å². The third-order valence-corrected chi connectivity index (χ3v) is 6.22. The summed E-state index contributed by atoms with van der Waals surface area (Å²) in [5.74, 6) is 0.665. The molecule has 0 saturated heterocycles. The van der Waals surface area contributed by atoms with Gasteiger partial charge in [-0.05, 0) is 45.2 Å². The Kier molecular flexibility index (Phi) is 4.33. The van der Waals surface area contributed by atoms with Crippen LogP contribution in [0, 0.1) is 18.3 Å². The summed E-state index contributed by atoms with van der Waals surface area (Å²) in [7, 11) is -3.81. The second-order valence-corrected chi connectivity index (χ2v) is 7.69. The third-order valence-electron chi connectivity index (χ3n) is 4.49. The Bertz CT molecular complexity index is 892. The number of sulfonamides is 1. The van der Waals surface area contributed by atoms with Crippen molar-refractivity contribution < 1.29 is 8.42 Å². The molecule has 1 aromatic heterocycles. The number of nitriles is 1. The van der Waals surface area contributed by atoms with Crippen LogP contribution < -0.4 is 4.31 Å². The zero-order valence-electron chi connectivity index (χ0n) is 13.8. The Morgan fingerprint density at radius 2 is 2.08 bits per heavy atom. The fourth-order valence-corrected chi connectivity index (χ4v) is 4.66. The standard InChI is InChI=1S/C17H20N4O2S/c1-3-20-12-17(19-13(20)2)24(22,23)21(15-8-6-9-15)16-10-5-4-7-14(16)11-18/h4-5,7,10,12,15H,3,6,8-9H2,1-2H3. The average Bonchev–Trinajstić information content (AvgIpc) is 2.92. The topological polar surface area (TPSA) is 79.0 Å². The molecule has 7 heteroatoms. The lowest BCUT2D eigenvalue weighted by Crippen LogP contribution is -2.44. The van der Waals surface area contributed by atoms with Crippen LogP contribution in [-0.2, 0) is 16.6 Å². The van der Waals surface area contributed by atoms with Crippen LogP contribution in [0.4, 0.5) is 5.69 Å². The number of hydrogen-bond donors (Lipinski definition) is 0. The molecule has 1 fully saturated rings. The molecular weight excluding hydrogens is 324 g/mol. The predicted molar refractivity (Wildman–Crippen MR) is 91.1 cm³/mol. The number of benzene rings is 1. The molecule has 1 aromatic carbocycles. The predicted octanol–water partition coefficient (Wildman–Crippen LogP) is 2.83. The van der Waals surface area contributed by atoms with Crippen molar-refractivity contribution >= 4 is 15.7 Å². The van der Waals surface area contributed by atoms with Crippen molar-refractivity contribution in [3.63, 3.8) is 0 Å². The SMILES string of the molecule is CCn1cc(S(=O)(=O)N(c2ccccc2C#N)C2CCC2)nc1C. The Labute approximate surface area is 142 Å². The molecule has 0 unspecified atom stereocenters. The summed E-state index contributed by atoms with van der Waals surface area (Å²) in [5.41, 5.74) is 0.799. The molecule has 0 spiro atoms. The number of anilines is 1. The molecule has 0 bridgehead atoms. The lowest BCUT2D eigenvalue weighted by Gasteiger charge is -2.37. The second kappa shape index (κ2) is 6.29. The molecule has 24 heavy (non-hydrogen) atoms. The summed E-state index contributed by atoms with van der Waals surface area (Å²) in [6, 6.07) is 8.82. The van der Waals surface area contributed by atoms with Crippen LogP contribution in [-0.4, -0.2) is 24.0 Å². The zero-order chi connectivity index (χ0) is 17.3. The minimum Gasteiger partial charge on any atom is -0.334 e. The van der Waals surface area contributed by atoms with Crippen molar-refractivity contribution in [1.29, 1.82) is 5.26 Å². The molecule has 2 aromatic rings. The van der Waals surface area contributed by atoms with Crippen LogP contribution in [0.3, 0.4) is 0 Å². The van der Waals surface area contributed by atoms with Crippen molar-refractivity contribution in [1.82, 2.24) is 9.55 Å². The summed E-state index contributed by atoms with van der Waals surface area (Å²) in [6.45, 7) is 4.39. The molecule has 1 heterocycles. The van der Waals surface area contributed by atoms with E-state index in [4.69, 9.17) is 0 Å². The van der Waals surface area contributed by atoms with Gasteiger partial charge in [0.15, 0.2) is 5.03 Å². The Hall–Kier alpha value is -2.33. The highest BCUT2D eigenvalue weighted by molar-refractivity contribution is 7.92. The van der Waals surface area contributed by atoms with Crippen molar-refractivity contribution in [3.8, 4) is 6.07 Å². The Balaban J connectivity index is 2.13. The van der Waals surface area contributed by atoms with Gasteiger partial charge in [0.25, 0.3) is 10.0 Å². The molecular formula is C17H20N4O2S. The second-order valence-electron chi connectivity index (χ2n) is 5.93. The minimum absolute atomic E-state index is 0.0430. The first-order chi connectivity index (χ1) is 11.5. The highest BCUT2D eigenvalue weighted by atomic mass is 32.2. The van der Waals surface area contributed by atoms with Gasteiger partial charge in [-0.25, -0.2) is 4.98 Å². The highest BCUT2D eigenvalue weighted by Gasteiger charge is 2.37. The molecule has 0 radical (unpaired) electrons. The van der Waals surface area contributed by atoms with Crippen molar-refractivity contribution in [2.24, 2.45) is 0 Å². The van der Waals surface area contributed by atoms with Crippen LogP contribution in [0.1, 0.15) is 37.6 Å². The highest BCUT2D eigenvalue weighted by Crippen LogP contribution is 2.36. The molecule has 1 saturated carbocycles. The summed E-state index contributed by atoms with van der Waals surface area (Å²) in [5, 5.41) is 9.41. The van der Waals surface area contributed by atoms with Gasteiger partial charge in [-0.2, -0.15) is 13.7 Å². The van der Waals surface area contributed by atoms with Crippen LogP contribution in [0.25, 0.3) is 0 Å². The van der Waals surface area contributed by atoms with Gasteiger partial charge in [-0.1, -0.05) is 12.1 Å². The molecule has 3 rings (SSSR count). The van der Waals surface area contributed by atoms with Gasteiger partial charge in [-0.3, -0.25) is 4.31 Å². The minimum atomic E-state index is -3.81. The molecule has 1 aliphatic carbocycles. The van der Waals surface area contributed by atoms with Crippen LogP contribution in [0.2, 0.25) is 0 Å². The fraction of sp³-hybridized carbons (Fsp3) is 0.412.